The summed E-state index contributed by atoms with van der Waals surface area (Å²) in [4.78, 5) is 0.207. The highest BCUT2D eigenvalue weighted by atomic mass is 35.5. The molecule has 21 heavy (non-hydrogen) atoms. The molecule has 3 rings (SSSR count). The molecule has 2 aliphatic rings. The fraction of sp³-hybridized carbons (Fsp3) is 0.571. The molecule has 1 aromatic carbocycles. The molecule has 0 radical (unpaired) electrons. The molecule has 0 bridgehead atoms. The minimum absolute atomic E-state index is 0. The van der Waals surface area contributed by atoms with Gasteiger partial charge in [0.1, 0.15) is 4.90 Å². The Labute approximate surface area is 137 Å². The molecule has 7 heteroatoms. The normalized spacial score (nSPS) is 29.2. The van der Waals surface area contributed by atoms with Crippen LogP contribution in [0.4, 0.5) is 0 Å². The van der Waals surface area contributed by atoms with Gasteiger partial charge < -0.3 is 5.73 Å². The van der Waals surface area contributed by atoms with Crippen molar-refractivity contribution in [3.8, 4) is 0 Å². The second-order valence-corrected chi connectivity index (χ2v) is 8.23. The lowest BCUT2D eigenvalue weighted by Crippen LogP contribution is -2.33. The fourth-order valence-electron chi connectivity index (χ4n) is 3.42. The number of hydrogen-bond donors (Lipinski definition) is 1. The predicted octanol–water partition coefficient (Wildman–Crippen LogP) is 2.43. The van der Waals surface area contributed by atoms with Crippen LogP contribution in [0.25, 0.3) is 0 Å². The Morgan fingerprint density at radius 2 is 2.00 bits per heavy atom. The number of nitrogens with two attached hydrogens (primary N) is 1. The molecule has 0 aromatic heterocycles. The van der Waals surface area contributed by atoms with Crippen molar-refractivity contribution in [2.45, 2.75) is 30.7 Å². The minimum atomic E-state index is -3.51. The van der Waals surface area contributed by atoms with E-state index >= 15 is 0 Å². The van der Waals surface area contributed by atoms with Crippen LogP contribution >= 0.6 is 24.0 Å². The van der Waals surface area contributed by atoms with E-state index in [1.165, 1.54) is 0 Å². The fourth-order valence-corrected chi connectivity index (χ4v) is 5.52. The molecule has 0 amide bonds. The van der Waals surface area contributed by atoms with E-state index in [1.807, 2.05) is 6.92 Å². The zero-order chi connectivity index (χ0) is 14.5. The molecule has 118 valence electrons. The number of hydrogen-bond acceptors (Lipinski definition) is 3. The second-order valence-electron chi connectivity index (χ2n) is 5.92. The van der Waals surface area contributed by atoms with Gasteiger partial charge in [0.15, 0.2) is 0 Å². The number of benzene rings is 1. The highest BCUT2D eigenvalue weighted by Crippen LogP contribution is 2.40. The first-order valence-corrected chi connectivity index (χ1v) is 8.73. The van der Waals surface area contributed by atoms with Crippen LogP contribution in [0.15, 0.2) is 23.1 Å². The summed E-state index contributed by atoms with van der Waals surface area (Å²) in [7, 11) is -3.51. The van der Waals surface area contributed by atoms with Gasteiger partial charge in [-0.1, -0.05) is 17.7 Å². The van der Waals surface area contributed by atoms with Gasteiger partial charge in [0.05, 0.1) is 5.02 Å². The van der Waals surface area contributed by atoms with Crippen LogP contribution in [0.1, 0.15) is 18.4 Å². The van der Waals surface area contributed by atoms with Crippen LogP contribution in [0, 0.1) is 18.8 Å². The van der Waals surface area contributed by atoms with E-state index in [9.17, 15) is 8.42 Å². The highest BCUT2D eigenvalue weighted by Gasteiger charge is 2.45. The van der Waals surface area contributed by atoms with Gasteiger partial charge in [0.25, 0.3) is 0 Å². The quantitative estimate of drug-likeness (QED) is 0.890. The molecular formula is C14H20Cl2N2O2S. The largest absolute Gasteiger partial charge is 0.327 e. The van der Waals surface area contributed by atoms with Crippen molar-refractivity contribution in [2.75, 3.05) is 13.1 Å². The monoisotopic (exact) mass is 350 g/mol. The summed E-state index contributed by atoms with van der Waals surface area (Å²) in [6, 6.07) is 5.20. The molecule has 1 aromatic rings. The first kappa shape index (κ1) is 17.0. The Morgan fingerprint density at radius 1 is 1.29 bits per heavy atom. The highest BCUT2D eigenvalue weighted by molar-refractivity contribution is 7.89. The van der Waals surface area contributed by atoms with Crippen molar-refractivity contribution in [1.29, 1.82) is 0 Å². The van der Waals surface area contributed by atoms with Gasteiger partial charge in [-0.05, 0) is 49.3 Å². The molecule has 2 fully saturated rings. The first-order valence-electron chi connectivity index (χ1n) is 6.91. The van der Waals surface area contributed by atoms with Crippen molar-refractivity contribution in [1.82, 2.24) is 4.31 Å². The lowest BCUT2D eigenvalue weighted by Gasteiger charge is -2.19. The van der Waals surface area contributed by atoms with Gasteiger partial charge in [-0.15, -0.1) is 12.4 Å². The molecule has 2 N–H and O–H groups in total. The lowest BCUT2D eigenvalue weighted by atomic mass is 9.98. The maximum atomic E-state index is 12.7. The second kappa shape index (κ2) is 6.05. The van der Waals surface area contributed by atoms with E-state index in [0.29, 0.717) is 29.9 Å². The molecule has 0 spiro atoms. The maximum absolute atomic E-state index is 12.7. The first-order chi connectivity index (χ1) is 9.39. The third kappa shape index (κ3) is 2.94. The van der Waals surface area contributed by atoms with Crippen molar-refractivity contribution < 1.29 is 8.42 Å². The summed E-state index contributed by atoms with van der Waals surface area (Å²) in [5, 5.41) is 0.298. The minimum Gasteiger partial charge on any atom is -0.327 e. The van der Waals surface area contributed by atoms with E-state index in [0.717, 1.165) is 18.4 Å². The molecule has 3 atom stereocenters. The Morgan fingerprint density at radius 3 is 2.62 bits per heavy atom. The Balaban J connectivity index is 0.00000161. The third-order valence-corrected chi connectivity index (χ3v) is 6.90. The van der Waals surface area contributed by atoms with E-state index in [-0.39, 0.29) is 23.3 Å². The molecule has 1 saturated heterocycles. The summed E-state index contributed by atoms with van der Waals surface area (Å²) < 4.78 is 27.0. The standard InChI is InChI=1S/C14H19ClN2O2S.ClH/c1-9-2-5-14(12(15)6-9)20(18,19)17-7-10-3-4-13(16)11(10)8-17;/h2,5-6,10-11,13H,3-4,7-8,16H2,1H3;1H. The van der Waals surface area contributed by atoms with Crippen molar-refractivity contribution in [2.24, 2.45) is 17.6 Å². The number of nitrogens with zero attached hydrogens (tertiary/aromatic N) is 1. The zero-order valence-electron chi connectivity index (χ0n) is 11.8. The van der Waals surface area contributed by atoms with E-state index in [2.05, 4.69) is 0 Å². The maximum Gasteiger partial charge on any atom is 0.244 e. The summed E-state index contributed by atoms with van der Waals surface area (Å²) in [5.41, 5.74) is 7.02. The van der Waals surface area contributed by atoms with Crippen molar-refractivity contribution >= 4 is 34.0 Å². The number of fused-ring (bicyclic) bond motifs is 1. The Kier molecular flexibility index (Phi) is 4.90. The molecule has 4 nitrogen and oxygen atoms in total. The van der Waals surface area contributed by atoms with Crippen LogP contribution in [-0.4, -0.2) is 31.9 Å². The van der Waals surface area contributed by atoms with E-state index < -0.39 is 10.0 Å². The van der Waals surface area contributed by atoms with Crippen LogP contribution in [-0.2, 0) is 10.0 Å². The Bertz CT molecular complexity index is 636. The summed E-state index contributed by atoms with van der Waals surface area (Å²) in [6.45, 7) is 2.99. The average molecular weight is 351 g/mol. The predicted molar refractivity (Wildman–Crippen MR) is 86.4 cm³/mol. The number of sulfonamides is 1. The smallest absolute Gasteiger partial charge is 0.244 e. The van der Waals surface area contributed by atoms with Crippen LogP contribution in [0.3, 0.4) is 0 Å². The molecular weight excluding hydrogens is 331 g/mol. The SMILES string of the molecule is Cc1ccc(S(=O)(=O)N2CC3CCC(N)C3C2)c(Cl)c1.Cl. The van der Waals surface area contributed by atoms with E-state index in [4.69, 9.17) is 17.3 Å². The van der Waals surface area contributed by atoms with Gasteiger partial charge in [0.2, 0.25) is 10.0 Å². The Hall–Kier alpha value is -0.330. The molecule has 1 saturated carbocycles. The van der Waals surface area contributed by atoms with Gasteiger partial charge in [-0.25, -0.2) is 8.42 Å². The zero-order valence-corrected chi connectivity index (χ0v) is 14.2. The van der Waals surface area contributed by atoms with E-state index in [1.54, 1.807) is 22.5 Å². The summed E-state index contributed by atoms with van der Waals surface area (Å²) in [6.07, 6.45) is 2.04. The van der Waals surface area contributed by atoms with Gasteiger partial charge in [-0.3, -0.25) is 0 Å². The summed E-state index contributed by atoms with van der Waals surface area (Å²) in [5.74, 6) is 0.706. The van der Waals surface area contributed by atoms with Crippen LogP contribution < -0.4 is 5.73 Å². The van der Waals surface area contributed by atoms with Crippen molar-refractivity contribution in [3.05, 3.63) is 28.8 Å². The molecule has 3 unspecified atom stereocenters. The number of rotatable bonds is 2. The van der Waals surface area contributed by atoms with Crippen LogP contribution in [0.5, 0.6) is 0 Å². The number of aryl methyl sites for hydroxylation is 1. The summed E-state index contributed by atoms with van der Waals surface area (Å²) >= 11 is 6.11. The molecule has 1 heterocycles. The molecule has 1 aliphatic carbocycles. The van der Waals surface area contributed by atoms with Gasteiger partial charge >= 0.3 is 0 Å². The van der Waals surface area contributed by atoms with Gasteiger partial charge in [-0.2, -0.15) is 4.31 Å². The van der Waals surface area contributed by atoms with Crippen LogP contribution in [0.2, 0.25) is 5.02 Å². The van der Waals surface area contributed by atoms with Gasteiger partial charge in [0, 0.05) is 19.1 Å². The third-order valence-electron chi connectivity index (χ3n) is 4.58. The topological polar surface area (TPSA) is 63.4 Å². The molecule has 1 aliphatic heterocycles. The number of halogens is 2. The lowest BCUT2D eigenvalue weighted by molar-refractivity contribution is 0.427. The average Bonchev–Trinajstić information content (AvgIpc) is 2.92. The van der Waals surface area contributed by atoms with Crippen molar-refractivity contribution in [3.63, 3.8) is 0 Å².